The van der Waals surface area contributed by atoms with E-state index in [1.165, 1.54) is 46.2 Å². The molecule has 2 N–H and O–H groups in total. The molecule has 38 heavy (non-hydrogen) atoms. The first-order chi connectivity index (χ1) is 18.0. The molecule has 2 heterocycles. The Kier molecular flexibility index (Phi) is 6.44. The quantitative estimate of drug-likeness (QED) is 0.333. The minimum atomic E-state index is -4.54. The van der Waals surface area contributed by atoms with E-state index in [4.69, 9.17) is 5.11 Å². The smallest absolute Gasteiger partial charge is 0.416 e. The molecule has 1 aromatic heterocycles. The van der Waals surface area contributed by atoms with Crippen LogP contribution in [0.15, 0.2) is 77.0 Å². The number of rotatable bonds is 5. The van der Waals surface area contributed by atoms with Crippen molar-refractivity contribution in [3.05, 3.63) is 93.7 Å². The van der Waals surface area contributed by atoms with Crippen molar-refractivity contribution < 1.29 is 27.9 Å². The van der Waals surface area contributed by atoms with Gasteiger partial charge in [-0.05, 0) is 57.0 Å². The van der Waals surface area contributed by atoms with Gasteiger partial charge < -0.3 is 10.4 Å². The molecular weight excluding hydrogens is 515 g/mol. The predicted octanol–water partition coefficient (Wildman–Crippen LogP) is 7.34. The van der Waals surface area contributed by atoms with Crippen molar-refractivity contribution in [3.8, 4) is 11.3 Å². The Labute approximate surface area is 220 Å². The number of nitrogens with zero attached hydrogens (tertiary/aromatic N) is 2. The molecule has 10 heteroatoms. The van der Waals surface area contributed by atoms with Crippen LogP contribution in [0.25, 0.3) is 16.8 Å². The summed E-state index contributed by atoms with van der Waals surface area (Å²) in [6.45, 7) is 3.93. The topological polar surface area (TPSA) is 82.5 Å². The van der Waals surface area contributed by atoms with E-state index in [0.29, 0.717) is 28.5 Å². The summed E-state index contributed by atoms with van der Waals surface area (Å²) in [5.74, 6) is -1.43. The lowest BCUT2D eigenvalue weighted by Gasteiger charge is -2.25. The first-order valence-corrected chi connectivity index (χ1v) is 12.6. The summed E-state index contributed by atoms with van der Waals surface area (Å²) in [5.41, 5.74) is 4.37. The molecule has 0 saturated heterocycles. The normalized spacial score (nSPS) is 16.7. The molecule has 6 nitrogen and oxygen atoms in total. The number of alkyl halides is 3. The van der Waals surface area contributed by atoms with E-state index in [2.05, 4.69) is 10.3 Å². The lowest BCUT2D eigenvalue weighted by molar-refractivity contribution is -0.137. The summed E-state index contributed by atoms with van der Waals surface area (Å²) in [6, 6.07) is 9.63. The number of carbonyl (C=O) groups is 2. The number of allylic oxidation sites excluding steroid dienone is 4. The van der Waals surface area contributed by atoms with Crippen LogP contribution < -0.4 is 10.2 Å². The molecule has 2 aromatic carbocycles. The third-order valence-corrected chi connectivity index (χ3v) is 7.43. The van der Waals surface area contributed by atoms with Crippen molar-refractivity contribution in [1.82, 2.24) is 4.98 Å². The minimum Gasteiger partial charge on any atom is -0.478 e. The maximum absolute atomic E-state index is 13.6. The van der Waals surface area contributed by atoms with Crippen LogP contribution in [0.2, 0.25) is 0 Å². The lowest BCUT2D eigenvalue weighted by Crippen LogP contribution is -2.27. The van der Waals surface area contributed by atoms with Gasteiger partial charge in [0.1, 0.15) is 0 Å². The van der Waals surface area contributed by atoms with Crippen LogP contribution >= 0.6 is 11.3 Å². The number of aromatic carboxylic acids is 1. The molecule has 5 rings (SSSR count). The zero-order valence-corrected chi connectivity index (χ0v) is 21.2. The van der Waals surface area contributed by atoms with Gasteiger partial charge in [-0.25, -0.2) is 9.78 Å². The number of hydrogen-bond acceptors (Lipinski definition) is 5. The summed E-state index contributed by atoms with van der Waals surface area (Å²) in [4.78, 5) is 30.5. The Morgan fingerprint density at radius 2 is 1.87 bits per heavy atom. The molecule has 3 aromatic rings. The number of benzene rings is 2. The molecular formula is C28H22F3N3O3S. The summed E-state index contributed by atoms with van der Waals surface area (Å²) in [6.07, 6.45) is 0.0632. The van der Waals surface area contributed by atoms with Crippen LogP contribution in [-0.2, 0) is 11.0 Å². The maximum atomic E-state index is 13.6. The molecule has 0 fully saturated rings. The highest BCUT2D eigenvalue weighted by molar-refractivity contribution is 7.14. The summed E-state index contributed by atoms with van der Waals surface area (Å²) < 4.78 is 40.6. The fourth-order valence-corrected chi connectivity index (χ4v) is 5.10. The van der Waals surface area contributed by atoms with E-state index in [1.807, 2.05) is 19.9 Å². The van der Waals surface area contributed by atoms with Crippen LogP contribution in [0.3, 0.4) is 0 Å². The third-order valence-electron chi connectivity index (χ3n) is 6.66. The lowest BCUT2D eigenvalue weighted by atomic mass is 9.97. The number of amides is 1. The maximum Gasteiger partial charge on any atom is 0.416 e. The van der Waals surface area contributed by atoms with E-state index in [0.717, 1.165) is 29.7 Å². The second kappa shape index (κ2) is 9.60. The zero-order chi connectivity index (χ0) is 27.2. The molecule has 1 aliphatic carbocycles. The van der Waals surface area contributed by atoms with Gasteiger partial charge in [0.25, 0.3) is 5.91 Å². The van der Waals surface area contributed by atoms with E-state index in [1.54, 1.807) is 17.5 Å². The Balaban J connectivity index is 1.47. The zero-order valence-electron chi connectivity index (χ0n) is 20.4. The second-order valence-corrected chi connectivity index (χ2v) is 9.95. The van der Waals surface area contributed by atoms with Gasteiger partial charge in [-0.15, -0.1) is 11.3 Å². The number of anilines is 2. The number of carbonyl (C=O) groups excluding carboxylic acids is 1. The van der Waals surface area contributed by atoms with Gasteiger partial charge in [0.15, 0.2) is 5.13 Å². The molecule has 0 spiro atoms. The van der Waals surface area contributed by atoms with Crippen LogP contribution in [0.4, 0.5) is 24.0 Å². The second-order valence-electron chi connectivity index (χ2n) is 9.09. The fourth-order valence-electron chi connectivity index (χ4n) is 4.41. The average molecular weight is 538 g/mol. The number of fused-ring (bicyclic) bond motifs is 1. The van der Waals surface area contributed by atoms with Gasteiger partial charge in [-0.2, -0.15) is 13.2 Å². The minimum absolute atomic E-state index is 0.164. The first-order valence-electron chi connectivity index (χ1n) is 11.7. The van der Waals surface area contributed by atoms with Crippen LogP contribution in [0.1, 0.15) is 48.2 Å². The molecule has 0 radical (unpaired) electrons. The number of hydrogen-bond donors (Lipinski definition) is 2. The monoisotopic (exact) mass is 537 g/mol. The molecule has 2 aliphatic rings. The van der Waals surface area contributed by atoms with E-state index in [-0.39, 0.29) is 16.8 Å². The highest BCUT2D eigenvalue weighted by Gasteiger charge is 2.38. The van der Waals surface area contributed by atoms with Gasteiger partial charge >= 0.3 is 12.1 Å². The van der Waals surface area contributed by atoms with Gasteiger partial charge in [0.05, 0.1) is 28.1 Å². The Morgan fingerprint density at radius 1 is 1.13 bits per heavy atom. The summed E-state index contributed by atoms with van der Waals surface area (Å²) in [5, 5.41) is 14.3. The van der Waals surface area contributed by atoms with Crippen LogP contribution in [0, 0.1) is 0 Å². The predicted molar refractivity (Wildman–Crippen MR) is 141 cm³/mol. The number of carboxylic acid groups (broad SMARTS) is 1. The largest absolute Gasteiger partial charge is 0.478 e. The first kappa shape index (κ1) is 25.5. The van der Waals surface area contributed by atoms with Gasteiger partial charge in [-0.1, -0.05) is 29.3 Å². The van der Waals surface area contributed by atoms with Crippen molar-refractivity contribution >= 4 is 39.6 Å². The van der Waals surface area contributed by atoms with E-state index >= 15 is 0 Å². The Bertz CT molecular complexity index is 1550. The highest BCUT2D eigenvalue weighted by atomic mass is 32.1. The Hall–Kier alpha value is -4.18. The average Bonchev–Trinajstić information content (AvgIpc) is 3.45. The highest BCUT2D eigenvalue weighted by Crippen LogP contribution is 2.44. The van der Waals surface area contributed by atoms with Crippen molar-refractivity contribution in [2.75, 3.05) is 10.2 Å². The number of thiazole rings is 1. The molecule has 194 valence electrons. The standard InChI is InChI=1S/C28H22F3N3O3S/c1-15-3-9-20(11-16(15)2)34-24-12-19(28(29,30)31)8-10-21(24)22(25(34)35)13-32-27-33-23(14-38-27)17-4-6-18(7-5-17)26(36)37/h4-8,10-14H,3,9H2,1-2H3,(H,32,33)(H,36,37)/b22-13-. The number of nitrogens with one attached hydrogen (secondary N) is 1. The SMILES string of the molecule is CC1=C(C)CCC(N2C(=O)/C(=C\Nc3nc(-c4ccc(C(=O)O)cc4)cs3)c3ccc(C(F)(F)F)cc32)=C1. The molecule has 1 amide bonds. The van der Waals surface area contributed by atoms with Gasteiger partial charge in [0.2, 0.25) is 0 Å². The van der Waals surface area contributed by atoms with Gasteiger partial charge in [0, 0.05) is 28.4 Å². The van der Waals surface area contributed by atoms with Crippen molar-refractivity contribution in [1.29, 1.82) is 0 Å². The summed E-state index contributed by atoms with van der Waals surface area (Å²) >= 11 is 1.28. The number of aromatic nitrogens is 1. The Morgan fingerprint density at radius 3 is 2.53 bits per heavy atom. The fraction of sp³-hybridized carbons (Fsp3) is 0.179. The molecule has 1 aliphatic heterocycles. The van der Waals surface area contributed by atoms with Gasteiger partial charge in [-0.3, -0.25) is 9.69 Å². The molecule has 0 bridgehead atoms. The van der Waals surface area contributed by atoms with Crippen molar-refractivity contribution in [3.63, 3.8) is 0 Å². The molecule has 0 saturated carbocycles. The summed E-state index contributed by atoms with van der Waals surface area (Å²) in [7, 11) is 0. The number of halogens is 3. The molecule has 0 atom stereocenters. The van der Waals surface area contributed by atoms with Crippen LogP contribution in [0.5, 0.6) is 0 Å². The van der Waals surface area contributed by atoms with E-state index < -0.39 is 23.6 Å². The van der Waals surface area contributed by atoms with E-state index in [9.17, 15) is 22.8 Å². The van der Waals surface area contributed by atoms with Crippen molar-refractivity contribution in [2.24, 2.45) is 0 Å². The number of carboxylic acids is 1. The van der Waals surface area contributed by atoms with Crippen LogP contribution in [-0.4, -0.2) is 22.0 Å². The van der Waals surface area contributed by atoms with Crippen molar-refractivity contribution in [2.45, 2.75) is 32.9 Å². The third kappa shape index (κ3) is 4.74. The molecule has 0 unspecified atom stereocenters.